The smallest absolute Gasteiger partial charge is 0.0622 e. The predicted octanol–water partition coefficient (Wildman–Crippen LogP) is 5.01. The molecule has 0 nitrogen and oxygen atoms in total. The molecule has 0 saturated heterocycles. The minimum atomic E-state index is -0.534. The van der Waals surface area contributed by atoms with Gasteiger partial charge in [0, 0.05) is 7.92 Å². The van der Waals surface area contributed by atoms with E-state index in [2.05, 4.69) is 127 Å². The van der Waals surface area contributed by atoms with Crippen LogP contribution in [0.3, 0.4) is 0 Å². The number of rotatable bonds is 5. The normalized spacial score (nSPS) is 10.6. The molecule has 0 N–H and O–H groups in total. The van der Waals surface area contributed by atoms with Crippen LogP contribution in [0.2, 0.25) is 0 Å². The molecule has 0 heterocycles. The standard InChI is InChI=1S/C25H21P2/c1-5-13-22(14-6-1)26(23-15-7-2-8-16-23)21-27(24-17-9-3-10-18-24)25-19-11-4-12-20-25/h1-21H/q+1. The average molecular weight is 383 g/mol. The Bertz CT molecular complexity index is 914. The van der Waals surface area contributed by atoms with E-state index in [0.717, 1.165) is 0 Å². The van der Waals surface area contributed by atoms with Gasteiger partial charge in [-0.2, -0.15) is 0 Å². The van der Waals surface area contributed by atoms with Crippen molar-refractivity contribution in [1.29, 1.82) is 0 Å². The Hall–Kier alpha value is -2.52. The van der Waals surface area contributed by atoms with Gasteiger partial charge in [-0.1, -0.05) is 97.1 Å². The fourth-order valence-corrected chi connectivity index (χ4v) is 8.66. The van der Waals surface area contributed by atoms with Crippen molar-refractivity contribution in [3.8, 4) is 0 Å². The van der Waals surface area contributed by atoms with Crippen LogP contribution in [-0.4, -0.2) is 5.54 Å². The van der Waals surface area contributed by atoms with E-state index in [1.165, 1.54) is 21.2 Å². The molecule has 4 rings (SSSR count). The zero-order valence-corrected chi connectivity index (χ0v) is 16.8. The molecule has 0 unspecified atom stereocenters. The van der Waals surface area contributed by atoms with Gasteiger partial charge in [-0.3, -0.25) is 0 Å². The van der Waals surface area contributed by atoms with Gasteiger partial charge < -0.3 is 0 Å². The van der Waals surface area contributed by atoms with Gasteiger partial charge in [0.05, 0.1) is 0 Å². The van der Waals surface area contributed by atoms with Gasteiger partial charge in [-0.05, 0) is 34.9 Å². The molecule has 0 fully saturated rings. The van der Waals surface area contributed by atoms with E-state index in [9.17, 15) is 0 Å². The van der Waals surface area contributed by atoms with Gasteiger partial charge in [0.25, 0.3) is 0 Å². The number of hydrogen-bond donors (Lipinski definition) is 0. The maximum atomic E-state index is 2.61. The molecule has 0 aromatic heterocycles. The van der Waals surface area contributed by atoms with Gasteiger partial charge in [0.15, 0.2) is 18.2 Å². The monoisotopic (exact) mass is 383 g/mol. The Balaban J connectivity index is 1.90. The molecule has 27 heavy (non-hydrogen) atoms. The first-order valence-corrected chi connectivity index (χ1v) is 11.9. The summed E-state index contributed by atoms with van der Waals surface area (Å²) in [7, 11) is -1.07. The summed E-state index contributed by atoms with van der Waals surface area (Å²) in [6.45, 7) is 0. The van der Waals surface area contributed by atoms with Crippen molar-refractivity contribution in [1.82, 2.24) is 0 Å². The molecule has 4 aromatic carbocycles. The van der Waals surface area contributed by atoms with E-state index in [1.54, 1.807) is 0 Å². The average Bonchev–Trinajstić information content (AvgIpc) is 2.77. The highest BCUT2D eigenvalue weighted by Gasteiger charge is 2.23. The quantitative estimate of drug-likeness (QED) is 0.425. The van der Waals surface area contributed by atoms with Crippen LogP contribution in [0.4, 0.5) is 0 Å². The summed E-state index contributed by atoms with van der Waals surface area (Å²) in [5.74, 6) is 0. The summed E-state index contributed by atoms with van der Waals surface area (Å²) in [6.07, 6.45) is 0. The molecule has 0 radical (unpaired) electrons. The summed E-state index contributed by atoms with van der Waals surface area (Å²) >= 11 is 0. The zero-order chi connectivity index (χ0) is 18.3. The predicted molar refractivity (Wildman–Crippen MR) is 124 cm³/mol. The molecule has 0 atom stereocenters. The van der Waals surface area contributed by atoms with Crippen molar-refractivity contribution >= 4 is 42.2 Å². The third-order valence-corrected chi connectivity index (χ3v) is 9.63. The maximum Gasteiger partial charge on any atom is 0.170 e. The summed E-state index contributed by atoms with van der Waals surface area (Å²) in [4.78, 5) is 0. The molecule has 0 aliphatic rings. The molecule has 0 aliphatic carbocycles. The summed E-state index contributed by atoms with van der Waals surface area (Å²) in [5.41, 5.74) is 2.61. The van der Waals surface area contributed by atoms with Gasteiger partial charge in [-0.15, -0.1) is 0 Å². The van der Waals surface area contributed by atoms with E-state index in [1.807, 2.05) is 0 Å². The lowest BCUT2D eigenvalue weighted by Crippen LogP contribution is -2.15. The SMILES string of the molecule is C(P(c1ccccc1)c1ccccc1)=[P+](c1ccccc1)c1ccccc1. The highest BCUT2D eigenvalue weighted by atomic mass is 31.2. The number of hydrogen-bond acceptors (Lipinski definition) is 0. The van der Waals surface area contributed by atoms with Gasteiger partial charge in [-0.25, -0.2) is 0 Å². The molecule has 130 valence electrons. The first-order valence-electron chi connectivity index (χ1n) is 9.05. The van der Waals surface area contributed by atoms with Crippen LogP contribution in [0.5, 0.6) is 0 Å². The van der Waals surface area contributed by atoms with Crippen LogP contribution in [0.15, 0.2) is 121 Å². The van der Waals surface area contributed by atoms with E-state index in [-0.39, 0.29) is 0 Å². The van der Waals surface area contributed by atoms with Gasteiger partial charge >= 0.3 is 0 Å². The van der Waals surface area contributed by atoms with Crippen molar-refractivity contribution in [3.05, 3.63) is 121 Å². The summed E-state index contributed by atoms with van der Waals surface area (Å²) in [6, 6.07) is 43.7. The molecule has 0 bridgehead atoms. The Morgan fingerprint density at radius 3 is 1.15 bits per heavy atom. The van der Waals surface area contributed by atoms with Crippen molar-refractivity contribution in [2.24, 2.45) is 0 Å². The van der Waals surface area contributed by atoms with E-state index < -0.39 is 15.5 Å². The fourth-order valence-electron chi connectivity index (χ4n) is 3.03. The highest BCUT2D eigenvalue weighted by Crippen LogP contribution is 2.37. The first-order chi connectivity index (χ1) is 13.4. The molecule has 4 aromatic rings. The second-order valence-electron chi connectivity index (χ2n) is 6.20. The minimum absolute atomic E-state index is 0.534. The molecule has 0 aliphatic heterocycles. The van der Waals surface area contributed by atoms with Crippen molar-refractivity contribution < 1.29 is 0 Å². The third-order valence-electron chi connectivity index (χ3n) is 4.37. The van der Waals surface area contributed by atoms with Crippen molar-refractivity contribution in [2.75, 3.05) is 0 Å². The zero-order valence-electron chi connectivity index (χ0n) is 15.0. The largest absolute Gasteiger partial charge is 0.170 e. The molecular weight excluding hydrogens is 362 g/mol. The van der Waals surface area contributed by atoms with Gasteiger partial charge in [0.2, 0.25) is 0 Å². The van der Waals surface area contributed by atoms with Crippen LogP contribution in [0.1, 0.15) is 0 Å². The molecule has 0 spiro atoms. The van der Waals surface area contributed by atoms with Crippen LogP contribution >= 0.6 is 15.5 Å². The first kappa shape index (κ1) is 17.9. The lowest BCUT2D eigenvalue weighted by atomic mass is 10.4. The third kappa shape index (κ3) is 4.42. The van der Waals surface area contributed by atoms with E-state index >= 15 is 0 Å². The Morgan fingerprint density at radius 1 is 0.444 bits per heavy atom. The highest BCUT2D eigenvalue weighted by molar-refractivity contribution is 7.98. The van der Waals surface area contributed by atoms with Crippen LogP contribution < -0.4 is 21.2 Å². The van der Waals surface area contributed by atoms with Crippen molar-refractivity contribution in [2.45, 2.75) is 0 Å². The van der Waals surface area contributed by atoms with E-state index in [4.69, 9.17) is 0 Å². The van der Waals surface area contributed by atoms with Crippen LogP contribution in [0.25, 0.3) is 0 Å². The van der Waals surface area contributed by atoms with E-state index in [0.29, 0.717) is 0 Å². The number of benzene rings is 4. The lowest BCUT2D eigenvalue weighted by molar-refractivity contribution is 1.76. The second kappa shape index (κ2) is 8.92. The van der Waals surface area contributed by atoms with Gasteiger partial charge in [0.1, 0.15) is 5.54 Å². The molecule has 2 heteroatoms. The Labute approximate surface area is 163 Å². The maximum absolute atomic E-state index is 2.61. The fraction of sp³-hybridized carbons (Fsp3) is 0. The summed E-state index contributed by atoms with van der Waals surface area (Å²) < 4.78 is 0. The van der Waals surface area contributed by atoms with Crippen molar-refractivity contribution in [3.63, 3.8) is 0 Å². The molecular formula is C25H21P2+. The molecule has 0 amide bonds. The summed E-state index contributed by atoms with van der Waals surface area (Å²) in [5, 5.41) is 5.60. The Morgan fingerprint density at radius 2 is 0.778 bits per heavy atom. The second-order valence-corrected chi connectivity index (χ2v) is 10.7. The topological polar surface area (TPSA) is 0 Å². The Kier molecular flexibility index (Phi) is 5.90. The van der Waals surface area contributed by atoms with Crippen LogP contribution in [-0.2, 0) is 0 Å². The lowest BCUT2D eigenvalue weighted by Gasteiger charge is -2.12. The minimum Gasteiger partial charge on any atom is -0.0622 e. The van der Waals surface area contributed by atoms with Crippen LogP contribution in [0, 0.1) is 0 Å². The molecule has 0 saturated carbocycles.